The first-order valence-corrected chi connectivity index (χ1v) is 28.9. The van der Waals surface area contributed by atoms with Crippen molar-refractivity contribution in [1.29, 1.82) is 0 Å². The number of ether oxygens (including phenoxy) is 8. The summed E-state index contributed by atoms with van der Waals surface area (Å²) < 4.78 is 107. The van der Waals surface area contributed by atoms with Crippen LogP contribution in [0.5, 0.6) is 0 Å². The summed E-state index contributed by atoms with van der Waals surface area (Å²) in [5.41, 5.74) is 8.00. The van der Waals surface area contributed by atoms with Crippen molar-refractivity contribution in [1.82, 2.24) is 25.0 Å². The van der Waals surface area contributed by atoms with E-state index >= 15 is 4.39 Å². The zero-order valence-corrected chi connectivity index (χ0v) is 50.0. The number of nitrogens with zero attached hydrogens (tertiary/aromatic N) is 3. The molecule has 2 atom stereocenters. The van der Waals surface area contributed by atoms with Gasteiger partial charge in [-0.15, -0.1) is 11.8 Å². The molecule has 2 aromatic carbocycles. The van der Waals surface area contributed by atoms with Gasteiger partial charge in [0.25, 0.3) is 18.3 Å². The molecule has 5 amide bonds. The molecule has 0 aliphatic carbocycles. The van der Waals surface area contributed by atoms with E-state index in [1.165, 1.54) is 17.8 Å². The van der Waals surface area contributed by atoms with Gasteiger partial charge in [0.05, 0.1) is 118 Å². The number of nitrogens with one attached hydrogen (secondary N) is 2. The van der Waals surface area contributed by atoms with Crippen LogP contribution in [0, 0.1) is 17.0 Å². The molecule has 3 aromatic rings. The van der Waals surface area contributed by atoms with E-state index in [1.54, 1.807) is 0 Å². The van der Waals surface area contributed by atoms with Gasteiger partial charge in [-0.1, -0.05) is 51.1 Å². The van der Waals surface area contributed by atoms with Gasteiger partial charge < -0.3 is 68.8 Å². The lowest BCUT2D eigenvalue weighted by atomic mass is 9.83. The summed E-state index contributed by atoms with van der Waals surface area (Å²) in [7, 11) is 0. The first kappa shape index (κ1) is 75.2. The molecule has 2 heterocycles. The lowest BCUT2D eigenvalue weighted by molar-refractivity contribution is -0.141. The van der Waals surface area contributed by atoms with Gasteiger partial charge in [-0.2, -0.15) is 13.2 Å². The summed E-state index contributed by atoms with van der Waals surface area (Å²) in [4.78, 5) is 72.8. The fraction of sp³-hybridized carbons (Fsp3) is 0.586. The number of thioether (sulfide) groups is 1. The second-order valence-electron chi connectivity index (χ2n) is 19.9. The summed E-state index contributed by atoms with van der Waals surface area (Å²) in [5.74, 6) is -2.09. The number of nitrogens with two attached hydrogens (primary N) is 1. The van der Waals surface area contributed by atoms with Gasteiger partial charge in [-0.25, -0.2) is 8.78 Å². The van der Waals surface area contributed by atoms with E-state index in [2.05, 4.69) is 31.4 Å². The number of alkyl halides is 3. The van der Waals surface area contributed by atoms with Gasteiger partial charge in [0.2, 0.25) is 17.7 Å². The Bertz CT molecular complexity index is 2390. The number of benzene rings is 2. The Morgan fingerprint density at radius 2 is 1.21 bits per heavy atom. The minimum Gasteiger partial charge on any atom is -0.483 e. The standard InChI is InChI=1S/C55H80F2N6O13S.C2H3F3.CH2O2/c1-42(40-77-41-53(68)62(18-8-16-58)54(55(2,3)4)48-35-44(46-36-45(56)11-12-47(46)57)38-61(48)37-43-9-6-5-7-10-43)60-49(64)15-19-69-21-23-71-25-27-73-29-31-75-33-34-76-32-30-74-28-26-72-24-22-70-20-17-59-50(65)39-63-51(66)13-14-52(63)67;1-2(3,4)5;2-1-3/h5-7,9-14,35-36,38,42,54H,8,15-34,37,39-41,58H2,1-4H3,(H,59,65)(H,60,64);1H3;1H,(H,2,3). The molecule has 85 heavy (non-hydrogen) atoms. The maximum Gasteiger partial charge on any atom is 0.386 e. The monoisotopic (exact) mass is 1230 g/mol. The predicted molar refractivity (Wildman–Crippen MR) is 308 cm³/mol. The summed E-state index contributed by atoms with van der Waals surface area (Å²) in [6.07, 6.45) is 0.843. The normalized spacial score (nSPS) is 13.0. The topological polar surface area (TPSA) is 258 Å². The number of halogens is 5. The molecule has 0 spiro atoms. The molecule has 0 bridgehead atoms. The van der Waals surface area contributed by atoms with Crippen LogP contribution in [0.2, 0.25) is 0 Å². The average molecular weight is 1230 g/mol. The number of amides is 5. The lowest BCUT2D eigenvalue weighted by Crippen LogP contribution is -2.44. The Kier molecular flexibility index (Phi) is 38.7. The average Bonchev–Trinajstić information content (AvgIpc) is 2.75. The van der Waals surface area contributed by atoms with E-state index in [9.17, 15) is 41.5 Å². The van der Waals surface area contributed by atoms with Crippen molar-refractivity contribution in [3.63, 3.8) is 0 Å². The molecule has 0 radical (unpaired) electrons. The molecular formula is C58H85F5N6O15S. The van der Waals surface area contributed by atoms with Crippen LogP contribution in [0.25, 0.3) is 11.1 Å². The van der Waals surface area contributed by atoms with Crippen LogP contribution in [0.15, 0.2) is 72.9 Å². The molecule has 478 valence electrons. The van der Waals surface area contributed by atoms with Crippen LogP contribution in [-0.4, -0.2) is 211 Å². The van der Waals surface area contributed by atoms with E-state index in [0.29, 0.717) is 130 Å². The van der Waals surface area contributed by atoms with Gasteiger partial charge >= 0.3 is 6.18 Å². The van der Waals surface area contributed by atoms with Crippen molar-refractivity contribution >= 4 is 47.8 Å². The third-order valence-electron chi connectivity index (χ3n) is 11.5. The highest BCUT2D eigenvalue weighted by molar-refractivity contribution is 8.00. The number of rotatable bonds is 42. The third-order valence-corrected chi connectivity index (χ3v) is 12.7. The maximum absolute atomic E-state index is 15.2. The fourth-order valence-corrected chi connectivity index (χ4v) is 8.82. The number of carbonyl (C=O) groups excluding carboxylic acids is 5. The van der Waals surface area contributed by atoms with Crippen LogP contribution in [0.3, 0.4) is 0 Å². The highest BCUT2D eigenvalue weighted by Gasteiger charge is 2.37. The Morgan fingerprint density at radius 3 is 1.69 bits per heavy atom. The molecule has 0 saturated heterocycles. The van der Waals surface area contributed by atoms with E-state index in [-0.39, 0.29) is 75.3 Å². The molecule has 0 saturated carbocycles. The van der Waals surface area contributed by atoms with Crippen molar-refractivity contribution in [2.75, 3.05) is 143 Å². The number of imide groups is 1. The van der Waals surface area contributed by atoms with Crippen LogP contribution < -0.4 is 16.4 Å². The summed E-state index contributed by atoms with van der Waals surface area (Å²) in [6.45, 7) is 15.2. The zero-order valence-electron chi connectivity index (χ0n) is 49.2. The second-order valence-corrected chi connectivity index (χ2v) is 20.9. The number of hydrogen-bond donors (Lipinski definition) is 4. The predicted octanol–water partition coefficient (Wildman–Crippen LogP) is 5.82. The zero-order chi connectivity index (χ0) is 62.9. The van der Waals surface area contributed by atoms with Gasteiger partial charge in [-0.3, -0.25) is 33.7 Å². The molecule has 1 aromatic heterocycles. The summed E-state index contributed by atoms with van der Waals surface area (Å²) in [6, 6.07) is 14.5. The van der Waals surface area contributed by atoms with Crippen LogP contribution in [0.4, 0.5) is 22.0 Å². The van der Waals surface area contributed by atoms with E-state index in [0.717, 1.165) is 40.4 Å². The van der Waals surface area contributed by atoms with Crippen molar-refractivity contribution in [2.45, 2.75) is 72.3 Å². The van der Waals surface area contributed by atoms with Crippen molar-refractivity contribution < 1.29 is 93.7 Å². The Morgan fingerprint density at radius 1 is 0.729 bits per heavy atom. The molecule has 0 fully saturated rings. The minimum absolute atomic E-state index is 0.0848. The van der Waals surface area contributed by atoms with Crippen LogP contribution in [-0.2, 0) is 73.2 Å². The van der Waals surface area contributed by atoms with Gasteiger partial charge in [0, 0.05) is 79.9 Å². The number of carbonyl (C=O) groups is 6. The fourth-order valence-electron chi connectivity index (χ4n) is 7.92. The third kappa shape index (κ3) is 34.8. The second kappa shape index (κ2) is 43.7. The highest BCUT2D eigenvalue weighted by Crippen LogP contribution is 2.41. The van der Waals surface area contributed by atoms with Crippen LogP contribution in [0.1, 0.15) is 64.8 Å². The first-order valence-electron chi connectivity index (χ1n) is 27.7. The summed E-state index contributed by atoms with van der Waals surface area (Å²) in [5, 5.41) is 12.5. The molecular weight excluding hydrogens is 1150 g/mol. The number of hydrogen-bond acceptors (Lipinski definition) is 16. The SMILES string of the molecule is CC(CSCC(=O)N(CCCN)C(c1cc(-c2cc(F)ccc2F)cn1Cc1ccccc1)C(C)(C)C)NC(=O)CCOCCOCCOCCOCCOCCOCCOCCOCCNC(=O)CN1C(=O)C=CC1=O.CC(F)(F)F.O=CO. The van der Waals surface area contributed by atoms with Crippen molar-refractivity contribution in [3.05, 3.63) is 95.8 Å². The molecule has 1 aliphatic heterocycles. The summed E-state index contributed by atoms with van der Waals surface area (Å²) >= 11 is 1.44. The molecule has 1 aliphatic rings. The van der Waals surface area contributed by atoms with Gasteiger partial charge in [-0.05, 0) is 55.1 Å². The minimum atomic E-state index is -4.00. The molecule has 4 rings (SSSR count). The Hall–Kier alpha value is -5.88. The largest absolute Gasteiger partial charge is 0.483 e. The number of carboxylic acid groups (broad SMARTS) is 1. The molecule has 27 heteroatoms. The Labute approximate surface area is 498 Å². The van der Waals surface area contributed by atoms with E-state index in [4.69, 9.17) is 53.5 Å². The first-order chi connectivity index (χ1) is 40.6. The smallest absolute Gasteiger partial charge is 0.386 e. The Balaban J connectivity index is 0.00000289. The molecule has 5 N–H and O–H groups in total. The quantitative estimate of drug-likeness (QED) is 0.0226. The van der Waals surface area contributed by atoms with E-state index < -0.39 is 47.0 Å². The number of aromatic nitrogens is 1. The van der Waals surface area contributed by atoms with E-state index in [1.807, 2.05) is 59.0 Å². The molecule has 21 nitrogen and oxygen atoms in total. The van der Waals surface area contributed by atoms with Crippen molar-refractivity contribution in [2.24, 2.45) is 11.1 Å². The maximum atomic E-state index is 15.2. The van der Waals surface area contributed by atoms with Gasteiger partial charge in [0.1, 0.15) is 18.2 Å². The van der Waals surface area contributed by atoms with Crippen molar-refractivity contribution in [3.8, 4) is 11.1 Å². The van der Waals surface area contributed by atoms with Crippen LogP contribution >= 0.6 is 11.8 Å². The van der Waals surface area contributed by atoms with Gasteiger partial charge in [0.15, 0.2) is 0 Å². The lowest BCUT2D eigenvalue weighted by Gasteiger charge is -2.41. The highest BCUT2D eigenvalue weighted by atomic mass is 32.2. The molecule has 2 unspecified atom stereocenters.